The number of carbonyl (C=O) groups is 1. The van der Waals surface area contributed by atoms with E-state index >= 15 is 0 Å². The quantitative estimate of drug-likeness (QED) is 0.743. The van der Waals surface area contributed by atoms with Crippen LogP contribution in [0.5, 0.6) is 0 Å². The molecule has 1 aliphatic carbocycles. The first kappa shape index (κ1) is 16.3. The third-order valence-electron chi connectivity index (χ3n) is 4.44. The van der Waals surface area contributed by atoms with Crippen molar-refractivity contribution < 1.29 is 4.79 Å². The Morgan fingerprint density at radius 2 is 2.00 bits per heavy atom. The van der Waals surface area contributed by atoms with Gasteiger partial charge in [0.2, 0.25) is 0 Å². The zero-order valence-corrected chi connectivity index (χ0v) is 14.5. The molecule has 4 rings (SSSR count). The minimum atomic E-state index is -0.0949. The monoisotopic (exact) mass is 348 g/mol. The van der Waals surface area contributed by atoms with E-state index in [1.807, 2.05) is 43.3 Å². The van der Waals surface area contributed by atoms with Gasteiger partial charge in [0.25, 0.3) is 11.5 Å². The molecule has 0 unspecified atom stereocenters. The molecule has 3 aromatic rings. The van der Waals surface area contributed by atoms with Crippen molar-refractivity contribution in [1.29, 1.82) is 0 Å². The zero-order valence-electron chi connectivity index (χ0n) is 14.5. The van der Waals surface area contributed by atoms with Crippen LogP contribution in [0.1, 0.15) is 34.6 Å². The minimum absolute atomic E-state index is 0.0475. The van der Waals surface area contributed by atoms with Gasteiger partial charge in [0.1, 0.15) is 5.65 Å². The Hall–Kier alpha value is -3.15. The number of aromatic nitrogens is 2. The summed E-state index contributed by atoms with van der Waals surface area (Å²) in [6, 6.07) is 14.8. The molecule has 0 radical (unpaired) electrons. The molecule has 2 aromatic heterocycles. The van der Waals surface area contributed by atoms with Crippen LogP contribution < -0.4 is 16.2 Å². The lowest BCUT2D eigenvalue weighted by atomic mass is 10.2. The topological polar surface area (TPSA) is 75.5 Å². The summed E-state index contributed by atoms with van der Waals surface area (Å²) in [4.78, 5) is 29.0. The first-order valence-corrected chi connectivity index (χ1v) is 8.73. The van der Waals surface area contributed by atoms with Crippen LogP contribution >= 0.6 is 0 Å². The largest absolute Gasteiger partial charge is 0.379 e. The Morgan fingerprint density at radius 3 is 2.81 bits per heavy atom. The van der Waals surface area contributed by atoms with Gasteiger partial charge in [0.05, 0.1) is 12.2 Å². The smallest absolute Gasteiger partial charge is 0.258 e. The van der Waals surface area contributed by atoms with Crippen LogP contribution in [-0.2, 0) is 6.54 Å². The Bertz CT molecular complexity index is 1040. The standard InChI is InChI=1S/C20H20N4O2/c1-13-4-2-7-18-22-17(11-19(25)24(13)18)12-21-16-6-3-5-14(10-16)20(26)23-15-8-9-15/h2-7,10-11,15,21H,8-9,12H2,1H3,(H,23,26). The van der Waals surface area contributed by atoms with Gasteiger partial charge in [-0.3, -0.25) is 14.0 Å². The number of pyridine rings is 1. The number of nitrogens with one attached hydrogen (secondary N) is 2. The molecule has 0 aliphatic heterocycles. The molecule has 0 atom stereocenters. The SMILES string of the molecule is Cc1cccc2nc(CNc3cccc(C(=O)NC4CC4)c3)cc(=O)n12. The third-order valence-corrected chi connectivity index (χ3v) is 4.44. The number of anilines is 1. The van der Waals surface area contributed by atoms with E-state index in [9.17, 15) is 9.59 Å². The van der Waals surface area contributed by atoms with E-state index in [1.165, 1.54) is 6.07 Å². The van der Waals surface area contributed by atoms with E-state index < -0.39 is 0 Å². The predicted molar refractivity (Wildman–Crippen MR) is 100 cm³/mol. The molecule has 0 bridgehead atoms. The van der Waals surface area contributed by atoms with E-state index in [0.29, 0.717) is 29.5 Å². The van der Waals surface area contributed by atoms with Crippen molar-refractivity contribution in [2.24, 2.45) is 0 Å². The maximum Gasteiger partial charge on any atom is 0.258 e. The molecule has 1 aromatic carbocycles. The predicted octanol–water partition coefficient (Wildman–Crippen LogP) is 2.51. The molecule has 26 heavy (non-hydrogen) atoms. The first-order chi connectivity index (χ1) is 12.6. The highest BCUT2D eigenvalue weighted by Crippen LogP contribution is 2.20. The van der Waals surface area contributed by atoms with Gasteiger partial charge in [-0.25, -0.2) is 4.98 Å². The second-order valence-electron chi connectivity index (χ2n) is 6.63. The number of benzene rings is 1. The molecule has 2 N–H and O–H groups in total. The maximum atomic E-state index is 12.3. The molecule has 1 saturated carbocycles. The van der Waals surface area contributed by atoms with Gasteiger partial charge < -0.3 is 10.6 Å². The number of hydrogen-bond donors (Lipinski definition) is 2. The number of amides is 1. The number of carbonyl (C=O) groups excluding carboxylic acids is 1. The number of nitrogens with zero attached hydrogens (tertiary/aromatic N) is 2. The van der Waals surface area contributed by atoms with Crippen molar-refractivity contribution in [2.45, 2.75) is 32.4 Å². The summed E-state index contributed by atoms with van der Waals surface area (Å²) in [6.45, 7) is 2.29. The van der Waals surface area contributed by atoms with Crippen molar-refractivity contribution >= 4 is 17.2 Å². The Labute approximate surface area is 150 Å². The maximum absolute atomic E-state index is 12.3. The fourth-order valence-corrected chi connectivity index (χ4v) is 2.91. The van der Waals surface area contributed by atoms with E-state index in [0.717, 1.165) is 24.2 Å². The molecule has 1 fully saturated rings. The summed E-state index contributed by atoms with van der Waals surface area (Å²) in [5, 5.41) is 6.22. The van der Waals surface area contributed by atoms with Gasteiger partial charge >= 0.3 is 0 Å². The van der Waals surface area contributed by atoms with Crippen molar-refractivity contribution in [3.8, 4) is 0 Å². The normalized spacial score (nSPS) is 13.6. The molecular weight excluding hydrogens is 328 g/mol. The van der Waals surface area contributed by atoms with E-state index in [4.69, 9.17) is 0 Å². The minimum Gasteiger partial charge on any atom is -0.379 e. The van der Waals surface area contributed by atoms with Gasteiger partial charge in [0.15, 0.2) is 0 Å². The van der Waals surface area contributed by atoms with Crippen LogP contribution in [0.3, 0.4) is 0 Å². The van der Waals surface area contributed by atoms with Crippen LogP contribution in [0, 0.1) is 6.92 Å². The number of rotatable bonds is 5. The molecular formula is C20H20N4O2. The summed E-state index contributed by atoms with van der Waals surface area (Å²) in [5.74, 6) is -0.0475. The average Bonchev–Trinajstić information content (AvgIpc) is 3.44. The molecule has 0 saturated heterocycles. The van der Waals surface area contributed by atoms with E-state index in [1.54, 1.807) is 10.5 Å². The van der Waals surface area contributed by atoms with Crippen LogP contribution in [0.25, 0.3) is 5.65 Å². The van der Waals surface area contributed by atoms with Crippen LogP contribution in [-0.4, -0.2) is 21.3 Å². The fraction of sp³-hybridized carbons (Fsp3) is 0.250. The van der Waals surface area contributed by atoms with Gasteiger partial charge in [-0.2, -0.15) is 0 Å². The second kappa shape index (κ2) is 6.63. The van der Waals surface area contributed by atoms with Gasteiger partial charge in [-0.15, -0.1) is 0 Å². The van der Waals surface area contributed by atoms with Gasteiger partial charge in [-0.05, 0) is 50.1 Å². The molecule has 1 aliphatic rings. The molecule has 6 heteroatoms. The number of hydrogen-bond acceptors (Lipinski definition) is 4. The fourth-order valence-electron chi connectivity index (χ4n) is 2.91. The highest BCUT2D eigenvalue weighted by atomic mass is 16.1. The highest BCUT2D eigenvalue weighted by molar-refractivity contribution is 5.95. The van der Waals surface area contributed by atoms with Gasteiger partial charge in [0, 0.05) is 29.1 Å². The van der Waals surface area contributed by atoms with E-state index in [2.05, 4.69) is 15.6 Å². The lowest BCUT2D eigenvalue weighted by Crippen LogP contribution is -2.25. The number of aryl methyl sites for hydroxylation is 1. The lowest BCUT2D eigenvalue weighted by molar-refractivity contribution is 0.0951. The van der Waals surface area contributed by atoms with Crippen LogP contribution in [0.4, 0.5) is 5.69 Å². The molecule has 6 nitrogen and oxygen atoms in total. The van der Waals surface area contributed by atoms with Crippen molar-refractivity contribution in [2.75, 3.05) is 5.32 Å². The zero-order chi connectivity index (χ0) is 18.1. The summed E-state index contributed by atoms with van der Waals surface area (Å²) in [7, 11) is 0. The first-order valence-electron chi connectivity index (χ1n) is 8.73. The summed E-state index contributed by atoms with van der Waals surface area (Å²) < 4.78 is 1.59. The average molecular weight is 348 g/mol. The molecule has 0 spiro atoms. The highest BCUT2D eigenvalue weighted by Gasteiger charge is 2.23. The number of fused-ring (bicyclic) bond motifs is 1. The Kier molecular flexibility index (Phi) is 4.16. The third kappa shape index (κ3) is 3.44. The Morgan fingerprint density at radius 1 is 1.19 bits per heavy atom. The van der Waals surface area contributed by atoms with Gasteiger partial charge in [-0.1, -0.05) is 12.1 Å². The second-order valence-corrected chi connectivity index (χ2v) is 6.63. The van der Waals surface area contributed by atoms with Crippen molar-refractivity contribution in [3.63, 3.8) is 0 Å². The molecule has 1 amide bonds. The molecule has 2 heterocycles. The Balaban J connectivity index is 1.51. The van der Waals surface area contributed by atoms with E-state index in [-0.39, 0.29) is 11.5 Å². The lowest BCUT2D eigenvalue weighted by Gasteiger charge is -2.10. The molecule has 132 valence electrons. The van der Waals surface area contributed by atoms with Crippen molar-refractivity contribution in [1.82, 2.24) is 14.7 Å². The van der Waals surface area contributed by atoms with Crippen molar-refractivity contribution in [3.05, 3.63) is 75.8 Å². The summed E-state index contributed by atoms with van der Waals surface area (Å²) in [5.41, 5.74) is 3.50. The van der Waals surface area contributed by atoms with Crippen LogP contribution in [0.2, 0.25) is 0 Å². The summed E-state index contributed by atoms with van der Waals surface area (Å²) in [6.07, 6.45) is 2.12. The summed E-state index contributed by atoms with van der Waals surface area (Å²) >= 11 is 0. The van der Waals surface area contributed by atoms with Crippen LogP contribution in [0.15, 0.2) is 53.3 Å².